The highest BCUT2D eigenvalue weighted by molar-refractivity contribution is 5.77. The van der Waals surface area contributed by atoms with Crippen molar-refractivity contribution in [2.24, 2.45) is 0 Å². The number of imidazole rings is 1. The number of aromatic nitrogens is 4. The molecule has 1 fully saturated rings. The highest BCUT2D eigenvalue weighted by Gasteiger charge is 2.32. The highest BCUT2D eigenvalue weighted by Crippen LogP contribution is 2.31. The van der Waals surface area contributed by atoms with Gasteiger partial charge in [-0.3, -0.25) is 0 Å². The quantitative estimate of drug-likeness (QED) is 0.717. The fraction of sp³-hybridized carbons (Fsp3) is 0.444. The molecule has 2 amide bonds. The van der Waals surface area contributed by atoms with Gasteiger partial charge in [0.25, 0.3) is 0 Å². The number of likely N-dealkylation sites (tertiary alicyclic amines) is 1. The lowest BCUT2D eigenvalue weighted by molar-refractivity contribution is 0.191. The Hall–Kier alpha value is -2.97. The van der Waals surface area contributed by atoms with Gasteiger partial charge in [-0.15, -0.1) is 0 Å². The third-order valence-corrected chi connectivity index (χ3v) is 4.73. The lowest BCUT2D eigenvalue weighted by Crippen LogP contribution is -2.40. The van der Waals surface area contributed by atoms with E-state index < -0.39 is 0 Å². The summed E-state index contributed by atoms with van der Waals surface area (Å²) < 4.78 is 18.5. The molecule has 142 valence electrons. The second-order valence-electron chi connectivity index (χ2n) is 6.57. The summed E-state index contributed by atoms with van der Waals surface area (Å²) in [6, 6.07) is 4.14. The zero-order chi connectivity index (χ0) is 18.8. The number of nitrogens with zero attached hydrogens (tertiary/aromatic N) is 4. The van der Waals surface area contributed by atoms with Crippen LogP contribution in [0.2, 0.25) is 0 Å². The number of aryl methyl sites for hydroxylation is 1. The number of H-pyrrole nitrogens is 1. The van der Waals surface area contributed by atoms with Crippen molar-refractivity contribution in [2.75, 3.05) is 13.1 Å². The highest BCUT2D eigenvalue weighted by atomic mass is 19.1. The normalized spacial score (nSPS) is 17.0. The molecule has 3 aromatic rings. The van der Waals surface area contributed by atoms with Gasteiger partial charge in [-0.05, 0) is 31.0 Å². The Morgan fingerprint density at radius 1 is 1.44 bits per heavy atom. The van der Waals surface area contributed by atoms with Crippen molar-refractivity contribution in [1.82, 2.24) is 30.3 Å². The minimum Gasteiger partial charge on any atom is -0.340 e. The maximum Gasteiger partial charge on any atom is 0.318 e. The van der Waals surface area contributed by atoms with Crippen molar-refractivity contribution < 1.29 is 13.7 Å². The van der Waals surface area contributed by atoms with Gasteiger partial charge in [0.15, 0.2) is 5.82 Å². The third-order valence-electron chi connectivity index (χ3n) is 4.73. The first kappa shape index (κ1) is 17.4. The molecule has 0 aliphatic carbocycles. The van der Waals surface area contributed by atoms with E-state index in [2.05, 4.69) is 25.4 Å². The molecule has 0 spiro atoms. The van der Waals surface area contributed by atoms with Crippen LogP contribution in [0, 0.1) is 5.82 Å². The summed E-state index contributed by atoms with van der Waals surface area (Å²) in [5.41, 5.74) is 1.34. The van der Waals surface area contributed by atoms with Crippen molar-refractivity contribution in [3.63, 3.8) is 0 Å². The molecule has 1 atom stereocenters. The number of hydrogen-bond donors (Lipinski definition) is 2. The summed E-state index contributed by atoms with van der Waals surface area (Å²) in [5, 5.41) is 6.74. The second-order valence-corrected chi connectivity index (χ2v) is 6.57. The third kappa shape index (κ3) is 3.62. The number of carbonyl (C=O) groups excluding carboxylic acids is 1. The molecule has 2 aromatic heterocycles. The summed E-state index contributed by atoms with van der Waals surface area (Å²) in [6.07, 6.45) is 2.92. The molecule has 8 nitrogen and oxygen atoms in total. The summed E-state index contributed by atoms with van der Waals surface area (Å²) in [5.74, 6) is 1.56. The number of benzene rings is 1. The predicted molar refractivity (Wildman–Crippen MR) is 95.5 cm³/mol. The average molecular weight is 372 g/mol. The van der Waals surface area contributed by atoms with Gasteiger partial charge in [-0.25, -0.2) is 14.2 Å². The number of aromatic amines is 1. The summed E-state index contributed by atoms with van der Waals surface area (Å²) in [7, 11) is 0. The number of nitrogens with one attached hydrogen (secondary N) is 2. The van der Waals surface area contributed by atoms with Crippen molar-refractivity contribution in [1.29, 1.82) is 0 Å². The first-order chi connectivity index (χ1) is 13.1. The van der Waals surface area contributed by atoms with E-state index in [1.807, 2.05) is 6.92 Å². The summed E-state index contributed by atoms with van der Waals surface area (Å²) in [6.45, 7) is 3.03. The van der Waals surface area contributed by atoms with Gasteiger partial charge in [0, 0.05) is 25.9 Å². The predicted octanol–water partition coefficient (Wildman–Crippen LogP) is 2.74. The number of carbonyl (C=O) groups is 1. The van der Waals surface area contributed by atoms with Crippen LogP contribution in [-0.2, 0) is 12.8 Å². The van der Waals surface area contributed by atoms with Gasteiger partial charge < -0.3 is 19.7 Å². The van der Waals surface area contributed by atoms with Gasteiger partial charge in [-0.1, -0.05) is 12.1 Å². The molecule has 0 saturated carbocycles. The van der Waals surface area contributed by atoms with E-state index >= 15 is 0 Å². The molecule has 4 rings (SSSR count). The van der Waals surface area contributed by atoms with E-state index in [-0.39, 0.29) is 17.9 Å². The van der Waals surface area contributed by atoms with Crippen LogP contribution in [0.1, 0.15) is 43.3 Å². The Kier molecular flexibility index (Phi) is 4.74. The van der Waals surface area contributed by atoms with Gasteiger partial charge in [0.05, 0.1) is 17.1 Å². The Bertz CT molecular complexity index is 952. The Morgan fingerprint density at radius 3 is 3.15 bits per heavy atom. The molecule has 1 aliphatic rings. The van der Waals surface area contributed by atoms with Crippen LogP contribution < -0.4 is 5.32 Å². The Balaban J connectivity index is 1.40. The van der Waals surface area contributed by atoms with E-state index in [0.717, 1.165) is 12.8 Å². The van der Waals surface area contributed by atoms with Crippen molar-refractivity contribution in [3.8, 4) is 0 Å². The van der Waals surface area contributed by atoms with Crippen LogP contribution in [0.5, 0.6) is 0 Å². The number of hydrogen-bond acceptors (Lipinski definition) is 5. The first-order valence-electron chi connectivity index (χ1n) is 9.15. The molecule has 1 aromatic carbocycles. The van der Waals surface area contributed by atoms with Crippen LogP contribution in [0.15, 0.2) is 22.7 Å². The van der Waals surface area contributed by atoms with Gasteiger partial charge in [0.1, 0.15) is 11.6 Å². The minimum atomic E-state index is -0.314. The zero-order valence-corrected chi connectivity index (χ0v) is 15.0. The minimum absolute atomic E-state index is 0.143. The SMILES string of the molecule is CCc1noc(CCNC(=O)N2CCCC2c2nc3ccc(F)cc3[nH]2)n1. The smallest absolute Gasteiger partial charge is 0.318 e. The maximum atomic E-state index is 13.4. The molecule has 0 radical (unpaired) electrons. The molecule has 3 heterocycles. The van der Waals surface area contributed by atoms with Crippen molar-refractivity contribution in [2.45, 2.75) is 38.6 Å². The van der Waals surface area contributed by atoms with Crippen LogP contribution in [-0.4, -0.2) is 44.1 Å². The van der Waals surface area contributed by atoms with Gasteiger partial charge in [-0.2, -0.15) is 4.98 Å². The van der Waals surface area contributed by atoms with E-state index in [4.69, 9.17) is 4.52 Å². The number of fused-ring (bicyclic) bond motifs is 1. The van der Waals surface area contributed by atoms with Crippen LogP contribution in [0.3, 0.4) is 0 Å². The standard InChI is InChI=1S/C18H21FN6O2/c1-2-15-23-16(27-24-15)7-8-20-18(26)25-9-3-4-14(25)17-21-12-6-5-11(19)10-13(12)22-17/h5-6,10,14H,2-4,7-9H2,1H3,(H,20,26)(H,21,22). The molecule has 0 bridgehead atoms. The number of rotatable bonds is 5. The first-order valence-corrected chi connectivity index (χ1v) is 9.15. The van der Waals surface area contributed by atoms with E-state index in [9.17, 15) is 9.18 Å². The molecule has 27 heavy (non-hydrogen) atoms. The van der Waals surface area contributed by atoms with Crippen molar-refractivity contribution >= 4 is 17.1 Å². The second kappa shape index (κ2) is 7.34. The zero-order valence-electron chi connectivity index (χ0n) is 15.0. The van der Waals surface area contributed by atoms with Crippen LogP contribution >= 0.6 is 0 Å². The topological polar surface area (TPSA) is 99.9 Å². The summed E-state index contributed by atoms with van der Waals surface area (Å²) >= 11 is 0. The monoisotopic (exact) mass is 372 g/mol. The average Bonchev–Trinajstić information content (AvgIpc) is 3.39. The van der Waals surface area contributed by atoms with Crippen LogP contribution in [0.4, 0.5) is 9.18 Å². The number of halogens is 1. The Morgan fingerprint density at radius 2 is 2.33 bits per heavy atom. The molecule has 1 unspecified atom stereocenters. The largest absolute Gasteiger partial charge is 0.340 e. The number of amides is 2. The molecule has 2 N–H and O–H groups in total. The van der Waals surface area contributed by atoms with E-state index in [0.29, 0.717) is 54.5 Å². The molecule has 1 saturated heterocycles. The molecular weight excluding hydrogens is 351 g/mol. The summed E-state index contributed by atoms with van der Waals surface area (Å²) in [4.78, 5) is 26.3. The maximum absolute atomic E-state index is 13.4. The van der Waals surface area contributed by atoms with Gasteiger partial charge >= 0.3 is 6.03 Å². The van der Waals surface area contributed by atoms with E-state index in [1.165, 1.54) is 12.1 Å². The van der Waals surface area contributed by atoms with E-state index in [1.54, 1.807) is 11.0 Å². The fourth-order valence-electron chi connectivity index (χ4n) is 3.37. The fourth-order valence-corrected chi connectivity index (χ4v) is 3.37. The number of urea groups is 1. The van der Waals surface area contributed by atoms with Crippen LogP contribution in [0.25, 0.3) is 11.0 Å². The Labute approximate surface area is 155 Å². The van der Waals surface area contributed by atoms with Crippen molar-refractivity contribution in [3.05, 3.63) is 41.6 Å². The molecule has 9 heteroatoms. The van der Waals surface area contributed by atoms with Gasteiger partial charge in [0.2, 0.25) is 5.89 Å². The molecule has 1 aliphatic heterocycles. The lowest BCUT2D eigenvalue weighted by atomic mass is 10.2. The molecular formula is C18H21FN6O2. The lowest BCUT2D eigenvalue weighted by Gasteiger charge is -2.23.